The summed E-state index contributed by atoms with van der Waals surface area (Å²) in [6.07, 6.45) is 20.8. The summed E-state index contributed by atoms with van der Waals surface area (Å²) in [4.78, 5) is 20.4. The van der Waals surface area contributed by atoms with Gasteiger partial charge in [-0.2, -0.15) is 0 Å². The van der Waals surface area contributed by atoms with Crippen LogP contribution in [-0.2, 0) is 9.59 Å². The molecule has 0 bridgehead atoms. The van der Waals surface area contributed by atoms with Crippen LogP contribution in [0.4, 0.5) is 0 Å². The second-order valence-corrected chi connectivity index (χ2v) is 8.67. The molecule has 5 heteroatoms. The fourth-order valence-electron chi connectivity index (χ4n) is 3.26. The van der Waals surface area contributed by atoms with E-state index in [2.05, 4.69) is 6.92 Å². The number of aliphatic carboxylic acids is 2. The molecule has 29 heavy (non-hydrogen) atoms. The maximum atomic E-state index is 10.3. The Morgan fingerprint density at radius 3 is 1.28 bits per heavy atom. The Kier molecular flexibility index (Phi) is 24.1. The van der Waals surface area contributed by atoms with Crippen molar-refractivity contribution in [3.05, 3.63) is 0 Å². The first-order valence-electron chi connectivity index (χ1n) is 12.0. The fourth-order valence-corrected chi connectivity index (χ4v) is 3.26. The average molecular weight is 416 g/mol. The van der Waals surface area contributed by atoms with Crippen LogP contribution in [0.3, 0.4) is 0 Å². The van der Waals surface area contributed by atoms with E-state index >= 15 is 0 Å². The zero-order valence-electron chi connectivity index (χ0n) is 19.5. The molecule has 5 nitrogen and oxygen atoms in total. The predicted molar refractivity (Wildman–Crippen MR) is 122 cm³/mol. The maximum Gasteiger partial charge on any atom is 0.320 e. The molecule has 0 rings (SSSR count). The molecule has 4 N–H and O–H groups in total. The van der Waals surface area contributed by atoms with Gasteiger partial charge in [0.2, 0.25) is 0 Å². The van der Waals surface area contributed by atoms with Crippen LogP contribution in [0.15, 0.2) is 0 Å². The number of carboxylic acids is 2. The van der Waals surface area contributed by atoms with Gasteiger partial charge >= 0.3 is 11.9 Å². The zero-order valence-corrected chi connectivity index (χ0v) is 19.5. The number of rotatable bonds is 19. The van der Waals surface area contributed by atoms with Crippen molar-refractivity contribution in [3.8, 4) is 0 Å². The minimum atomic E-state index is -0.913. The molecule has 0 aliphatic rings. The number of unbranched alkanes of at least 4 members (excludes halogenated alkanes) is 14. The van der Waals surface area contributed by atoms with E-state index in [1.165, 1.54) is 83.5 Å². The number of carbonyl (C=O) groups is 2. The third-order valence-corrected chi connectivity index (χ3v) is 5.04. The summed E-state index contributed by atoms with van der Waals surface area (Å²) in [6, 6.07) is -0.690. The van der Waals surface area contributed by atoms with E-state index in [0.29, 0.717) is 18.8 Å². The zero-order chi connectivity index (χ0) is 22.3. The molecule has 0 spiro atoms. The van der Waals surface area contributed by atoms with Crippen LogP contribution in [0, 0.1) is 5.92 Å². The van der Waals surface area contributed by atoms with Gasteiger partial charge < -0.3 is 15.9 Å². The van der Waals surface area contributed by atoms with Crippen LogP contribution in [-0.4, -0.2) is 28.2 Å². The van der Waals surface area contributed by atoms with Crippen molar-refractivity contribution in [3.63, 3.8) is 0 Å². The van der Waals surface area contributed by atoms with Crippen LogP contribution in [0.25, 0.3) is 0 Å². The Hall–Kier alpha value is -1.10. The molecule has 0 fully saturated rings. The Morgan fingerprint density at radius 1 is 0.690 bits per heavy atom. The lowest BCUT2D eigenvalue weighted by atomic mass is 10.0. The predicted octanol–water partition coefficient (Wildman–Crippen LogP) is 6.78. The van der Waals surface area contributed by atoms with Gasteiger partial charge in [0.15, 0.2) is 0 Å². The fraction of sp³-hybridized carbons (Fsp3) is 0.917. The first kappa shape index (κ1) is 30.1. The monoisotopic (exact) mass is 415 g/mol. The molecule has 0 saturated heterocycles. The Balaban J connectivity index is 0. The molecule has 0 aliphatic heterocycles. The van der Waals surface area contributed by atoms with E-state index in [1.807, 2.05) is 13.8 Å². The number of hydrogen-bond donors (Lipinski definition) is 3. The van der Waals surface area contributed by atoms with Gasteiger partial charge in [-0.05, 0) is 18.8 Å². The minimum absolute atomic E-state index is 0.345. The summed E-state index contributed by atoms with van der Waals surface area (Å²) >= 11 is 0. The SMILES string of the molecule is CC(C)CC(N)C(=O)O.CCCCCCCCCCCCCCCCCC(=O)O. The molecule has 174 valence electrons. The van der Waals surface area contributed by atoms with Crippen molar-refractivity contribution in [2.75, 3.05) is 0 Å². The first-order chi connectivity index (χ1) is 13.8. The van der Waals surface area contributed by atoms with Gasteiger partial charge in [-0.15, -0.1) is 0 Å². The lowest BCUT2D eigenvalue weighted by molar-refractivity contribution is -0.139. The average Bonchev–Trinajstić information content (AvgIpc) is 2.64. The Bertz CT molecular complexity index is 372. The quantitative estimate of drug-likeness (QED) is 0.202. The van der Waals surface area contributed by atoms with Crippen molar-refractivity contribution in [1.29, 1.82) is 0 Å². The topological polar surface area (TPSA) is 101 Å². The molecule has 1 unspecified atom stereocenters. The summed E-state index contributed by atoms with van der Waals surface area (Å²) < 4.78 is 0. The van der Waals surface area contributed by atoms with Crippen molar-refractivity contribution in [1.82, 2.24) is 0 Å². The number of hydrogen-bond acceptors (Lipinski definition) is 3. The van der Waals surface area contributed by atoms with Crippen LogP contribution in [0.2, 0.25) is 0 Å². The highest BCUT2D eigenvalue weighted by molar-refractivity contribution is 5.72. The number of carboxylic acid groups (broad SMARTS) is 2. The second kappa shape index (κ2) is 23.2. The largest absolute Gasteiger partial charge is 0.481 e. The van der Waals surface area contributed by atoms with Gasteiger partial charge in [0.1, 0.15) is 6.04 Å². The van der Waals surface area contributed by atoms with Gasteiger partial charge in [0, 0.05) is 6.42 Å². The molecular formula is C24H49NO4. The van der Waals surface area contributed by atoms with Gasteiger partial charge in [-0.25, -0.2) is 0 Å². The van der Waals surface area contributed by atoms with Crippen LogP contribution < -0.4 is 5.73 Å². The minimum Gasteiger partial charge on any atom is -0.481 e. The maximum absolute atomic E-state index is 10.3. The van der Waals surface area contributed by atoms with E-state index in [4.69, 9.17) is 15.9 Å². The molecule has 0 aromatic heterocycles. The van der Waals surface area contributed by atoms with E-state index in [9.17, 15) is 9.59 Å². The summed E-state index contributed by atoms with van der Waals surface area (Å²) in [5.41, 5.74) is 5.22. The summed E-state index contributed by atoms with van der Waals surface area (Å²) in [7, 11) is 0. The Labute approximate surface area is 179 Å². The van der Waals surface area contributed by atoms with Crippen molar-refractivity contribution in [2.45, 2.75) is 136 Å². The molecule has 0 aromatic carbocycles. The summed E-state index contributed by atoms with van der Waals surface area (Å²) in [6.45, 7) is 6.16. The van der Waals surface area contributed by atoms with Crippen molar-refractivity contribution < 1.29 is 19.8 Å². The molecule has 0 aromatic rings. The van der Waals surface area contributed by atoms with Crippen molar-refractivity contribution in [2.24, 2.45) is 11.7 Å². The van der Waals surface area contributed by atoms with Gasteiger partial charge in [-0.1, -0.05) is 111 Å². The highest BCUT2D eigenvalue weighted by Gasteiger charge is 2.11. The second-order valence-electron chi connectivity index (χ2n) is 8.67. The molecule has 0 heterocycles. The normalized spacial score (nSPS) is 11.8. The highest BCUT2D eigenvalue weighted by Crippen LogP contribution is 2.13. The highest BCUT2D eigenvalue weighted by atomic mass is 16.4. The Morgan fingerprint density at radius 2 is 1.03 bits per heavy atom. The third-order valence-electron chi connectivity index (χ3n) is 5.04. The lowest BCUT2D eigenvalue weighted by Gasteiger charge is -2.07. The summed E-state index contributed by atoms with van der Waals surface area (Å²) in [5, 5.41) is 16.8. The number of nitrogens with two attached hydrogens (primary N) is 1. The van der Waals surface area contributed by atoms with Crippen molar-refractivity contribution >= 4 is 11.9 Å². The van der Waals surface area contributed by atoms with E-state index in [0.717, 1.165) is 12.8 Å². The van der Waals surface area contributed by atoms with E-state index < -0.39 is 18.0 Å². The molecule has 0 saturated carbocycles. The molecule has 0 aliphatic carbocycles. The van der Waals surface area contributed by atoms with E-state index in [-0.39, 0.29) is 0 Å². The van der Waals surface area contributed by atoms with Crippen LogP contribution in [0.5, 0.6) is 0 Å². The van der Waals surface area contributed by atoms with Gasteiger partial charge in [0.05, 0.1) is 0 Å². The summed E-state index contributed by atoms with van der Waals surface area (Å²) in [5.74, 6) is -1.21. The van der Waals surface area contributed by atoms with Gasteiger partial charge in [0.25, 0.3) is 0 Å². The van der Waals surface area contributed by atoms with Crippen LogP contribution in [0.1, 0.15) is 130 Å². The molecule has 0 radical (unpaired) electrons. The van der Waals surface area contributed by atoms with E-state index in [1.54, 1.807) is 0 Å². The molecule has 0 amide bonds. The third kappa shape index (κ3) is 29.2. The smallest absolute Gasteiger partial charge is 0.320 e. The van der Waals surface area contributed by atoms with Crippen LogP contribution >= 0.6 is 0 Å². The first-order valence-corrected chi connectivity index (χ1v) is 12.0. The molecular weight excluding hydrogens is 366 g/mol. The van der Waals surface area contributed by atoms with Gasteiger partial charge in [-0.3, -0.25) is 9.59 Å². The molecule has 1 atom stereocenters. The standard InChI is InChI=1S/C18H36O2.C6H13NO2/c1-2-3-4-5-6-7-8-9-10-11-12-13-14-15-16-17-18(19)20;1-4(2)3-5(7)6(8)9/h2-17H2,1H3,(H,19,20);4-5H,3,7H2,1-2H3,(H,8,9). The lowest BCUT2D eigenvalue weighted by Crippen LogP contribution is -2.31.